The maximum Gasteiger partial charge on any atom is 0.410 e. The lowest BCUT2D eigenvalue weighted by molar-refractivity contribution is -0.142. The summed E-state index contributed by atoms with van der Waals surface area (Å²) in [6.07, 6.45) is 2.13. The third-order valence-corrected chi connectivity index (χ3v) is 8.74. The molecule has 1 radical (unpaired) electrons. The Hall–Kier alpha value is -4.01. The minimum absolute atomic E-state index is 0. The third kappa shape index (κ3) is 7.85. The van der Waals surface area contributed by atoms with E-state index in [9.17, 15) is 19.1 Å². The molecule has 1 N–H and O–H groups in total. The molecule has 2 aromatic carbocycles. The number of benzene rings is 2. The molecule has 241 valence electrons. The molecule has 0 aliphatic carbocycles. The molecule has 0 saturated carbocycles. The summed E-state index contributed by atoms with van der Waals surface area (Å²) in [7, 11) is 0. The summed E-state index contributed by atoms with van der Waals surface area (Å²) in [6.45, 7) is 2.91. The maximum absolute atomic E-state index is 15.2. The molecule has 15 heteroatoms. The zero-order valence-electron chi connectivity index (χ0n) is 24.9. The highest BCUT2D eigenvalue weighted by atomic mass is 127. The highest BCUT2D eigenvalue weighted by molar-refractivity contribution is 7.10. The molecule has 11 nitrogen and oxygen atoms in total. The van der Waals surface area contributed by atoms with Crippen molar-refractivity contribution in [3.63, 3.8) is 0 Å². The number of nitrogens with zero attached hydrogens (tertiary/aromatic N) is 6. The minimum Gasteiger partial charge on any atom is -1.00 e. The van der Waals surface area contributed by atoms with E-state index in [-0.39, 0.29) is 61.2 Å². The van der Waals surface area contributed by atoms with Crippen LogP contribution < -0.4 is 29.0 Å². The van der Waals surface area contributed by atoms with Crippen LogP contribution >= 0.6 is 11.3 Å². The monoisotopic (exact) mass is 763 g/mol. The summed E-state index contributed by atoms with van der Waals surface area (Å²) in [5, 5.41) is 29.0. The first-order valence-electron chi connectivity index (χ1n) is 14.2. The molecule has 0 spiro atoms. The second-order valence-corrected chi connectivity index (χ2v) is 11.6. The normalized spacial score (nSPS) is 17.5. The SMILES string of the molecule is CC(=O)OC[C@@H]1CCCN1C(=O)OCC1=NN(C[C@](O)(c2cc(F)ccc2F)[C@@H](C)c2nc(-c3ccc(C#N)cc3)cs2)C=[N+]1.[I-]. The number of hydrazone groups is 1. The van der Waals surface area contributed by atoms with E-state index in [0.717, 1.165) is 30.2 Å². The van der Waals surface area contributed by atoms with Crippen molar-refractivity contribution in [3.8, 4) is 17.3 Å². The molecule has 1 fully saturated rings. The number of aromatic nitrogens is 1. The number of nitriles is 1. The first-order chi connectivity index (χ1) is 21.6. The average Bonchev–Trinajstić information content (AvgIpc) is 3.81. The van der Waals surface area contributed by atoms with Gasteiger partial charge in [-0.1, -0.05) is 24.0 Å². The number of aliphatic hydroxyl groups is 1. The highest BCUT2D eigenvalue weighted by Crippen LogP contribution is 2.41. The van der Waals surface area contributed by atoms with Crippen LogP contribution in [0.4, 0.5) is 13.6 Å². The van der Waals surface area contributed by atoms with Crippen molar-refractivity contribution in [3.05, 3.63) is 75.6 Å². The summed E-state index contributed by atoms with van der Waals surface area (Å²) in [5.41, 5.74) is -0.438. The van der Waals surface area contributed by atoms with Crippen LogP contribution in [-0.4, -0.2) is 76.6 Å². The molecule has 1 saturated heterocycles. The summed E-state index contributed by atoms with van der Waals surface area (Å²) >= 11 is 1.25. The van der Waals surface area contributed by atoms with Gasteiger partial charge in [0.1, 0.15) is 30.4 Å². The van der Waals surface area contributed by atoms with E-state index in [2.05, 4.69) is 21.1 Å². The first-order valence-corrected chi connectivity index (χ1v) is 15.0. The molecule has 46 heavy (non-hydrogen) atoms. The zero-order valence-corrected chi connectivity index (χ0v) is 27.9. The van der Waals surface area contributed by atoms with Crippen molar-refractivity contribution < 1.29 is 56.9 Å². The van der Waals surface area contributed by atoms with Crippen molar-refractivity contribution in [1.29, 1.82) is 5.26 Å². The van der Waals surface area contributed by atoms with Gasteiger partial charge in [0.25, 0.3) is 6.34 Å². The molecule has 0 unspecified atom stereocenters. The molecule has 5 rings (SSSR count). The lowest BCUT2D eigenvalue weighted by Gasteiger charge is -2.33. The number of hydrogen-bond acceptors (Lipinski definition) is 11. The Morgan fingerprint density at radius 2 is 2.00 bits per heavy atom. The number of ether oxygens (including phenoxy) is 2. The fourth-order valence-electron chi connectivity index (χ4n) is 5.22. The van der Waals surface area contributed by atoms with Gasteiger partial charge < -0.3 is 43.5 Å². The molecule has 0 bridgehead atoms. The molecule has 2 aliphatic heterocycles. The van der Waals surface area contributed by atoms with Crippen molar-refractivity contribution in [2.24, 2.45) is 5.10 Å². The second kappa shape index (κ2) is 15.1. The van der Waals surface area contributed by atoms with Crippen LogP contribution in [-0.2, 0) is 19.9 Å². The number of carbonyl (C=O) groups excluding carboxylic acids is 2. The molecule has 3 atom stereocenters. The van der Waals surface area contributed by atoms with Gasteiger partial charge in [0, 0.05) is 41.0 Å². The highest BCUT2D eigenvalue weighted by Gasteiger charge is 2.45. The topological polar surface area (TPSA) is 142 Å². The summed E-state index contributed by atoms with van der Waals surface area (Å²) < 4.78 is 40.0. The van der Waals surface area contributed by atoms with Crippen LogP contribution in [0.3, 0.4) is 0 Å². The molecule has 3 heterocycles. The number of thiazole rings is 1. The van der Waals surface area contributed by atoms with Crippen LogP contribution in [0.15, 0.2) is 52.9 Å². The van der Waals surface area contributed by atoms with Crippen molar-refractivity contribution in [2.45, 2.75) is 44.2 Å². The van der Waals surface area contributed by atoms with Crippen LogP contribution in [0.1, 0.15) is 48.7 Å². The van der Waals surface area contributed by atoms with E-state index in [1.54, 1.807) is 36.6 Å². The smallest absolute Gasteiger partial charge is 0.410 e. The van der Waals surface area contributed by atoms with E-state index < -0.39 is 35.2 Å². The minimum atomic E-state index is -2.02. The number of β-amino-alcohol motifs (C(OH)–C–C–N with tert-alkyl or cyclic N) is 1. The number of rotatable bonds is 10. The lowest BCUT2D eigenvalue weighted by atomic mass is 9.81. The Bertz CT molecular complexity index is 1680. The van der Waals surface area contributed by atoms with Gasteiger partial charge in [-0.3, -0.25) is 4.79 Å². The van der Waals surface area contributed by atoms with Crippen molar-refractivity contribution >= 4 is 35.6 Å². The fraction of sp³-hybridized carbons (Fsp3) is 0.355. The molecule has 2 aliphatic rings. The van der Waals surface area contributed by atoms with Gasteiger partial charge in [0.2, 0.25) is 0 Å². The van der Waals surface area contributed by atoms with E-state index in [1.165, 1.54) is 34.5 Å². The Morgan fingerprint density at radius 1 is 1.24 bits per heavy atom. The van der Waals surface area contributed by atoms with E-state index in [1.807, 2.05) is 0 Å². The maximum atomic E-state index is 15.2. The summed E-state index contributed by atoms with van der Waals surface area (Å²) in [4.78, 5) is 34.2. The number of likely N-dealkylation sites (tertiary alicyclic amines) is 1. The molecule has 1 aromatic heterocycles. The average molecular weight is 764 g/mol. The number of amides is 1. The van der Waals surface area contributed by atoms with E-state index in [4.69, 9.17) is 14.7 Å². The van der Waals surface area contributed by atoms with E-state index in [0.29, 0.717) is 29.2 Å². The molecular weight excluding hydrogens is 733 g/mol. The standard InChI is InChI=1S/C31H30F2N6O5S.HI/c1-19(29-36-27(16-45-29)22-7-5-21(13-34)6-8-22)31(42,25-12-23(32)9-10-26(25)33)17-38-18-35-28(37-38)15-44-30(41)39-11-3-4-24(39)14-43-20(2)40;/h5-10,12,16,18-19,24,42H,3-4,11,14-15,17H2,1-2H3;1H/q+1;/p-1/t19-,24-,31+;/m0./s1. The van der Waals surface area contributed by atoms with Gasteiger partial charge in [-0.25, -0.2) is 18.6 Å². The number of halogens is 3. The Balaban J connectivity index is 0.00000480. The first kappa shape index (κ1) is 34.9. The van der Waals surface area contributed by atoms with Crippen molar-refractivity contribution in [2.75, 3.05) is 26.3 Å². The van der Waals surface area contributed by atoms with Gasteiger partial charge in [0.15, 0.2) is 6.61 Å². The zero-order chi connectivity index (χ0) is 32.1. The lowest BCUT2D eigenvalue weighted by Crippen LogP contribution is -3.00. The fourth-order valence-corrected chi connectivity index (χ4v) is 6.19. The van der Waals surface area contributed by atoms with E-state index >= 15 is 4.39 Å². The van der Waals surface area contributed by atoms with Crippen LogP contribution in [0.25, 0.3) is 11.3 Å². The van der Waals surface area contributed by atoms with Gasteiger partial charge >= 0.3 is 17.9 Å². The summed E-state index contributed by atoms with van der Waals surface area (Å²) in [6, 6.07) is 11.5. The van der Waals surface area contributed by atoms with Gasteiger partial charge in [-0.2, -0.15) is 5.26 Å². The molecule has 1 amide bonds. The van der Waals surface area contributed by atoms with Crippen LogP contribution in [0.2, 0.25) is 0 Å². The second-order valence-electron chi connectivity index (χ2n) is 10.7. The Morgan fingerprint density at radius 3 is 2.72 bits per heavy atom. The van der Waals surface area contributed by atoms with Crippen LogP contribution in [0, 0.1) is 23.0 Å². The van der Waals surface area contributed by atoms with Gasteiger partial charge in [0.05, 0.1) is 28.4 Å². The predicted octanol–water partition coefficient (Wildman–Crippen LogP) is 1.11. The summed E-state index contributed by atoms with van der Waals surface area (Å²) in [5.74, 6) is -2.67. The number of esters is 1. The Kier molecular flexibility index (Phi) is 11.4. The number of aliphatic imine (C=N–C) groups is 1. The molecular formula is C31H30F2IN6O5S. The van der Waals surface area contributed by atoms with Crippen LogP contribution in [0.5, 0.6) is 0 Å². The molecule has 3 aromatic rings. The largest absolute Gasteiger partial charge is 1.00 e. The quantitative estimate of drug-likeness (QED) is 0.239. The van der Waals surface area contributed by atoms with Crippen molar-refractivity contribution in [1.82, 2.24) is 19.9 Å². The van der Waals surface area contributed by atoms with Gasteiger partial charge in [-0.05, 0) is 43.2 Å². The Labute approximate surface area is 285 Å². The number of hydrogen-bond donors (Lipinski definition) is 1. The number of carbonyl (C=O) groups is 2. The number of amidine groups is 1. The third-order valence-electron chi connectivity index (χ3n) is 7.72. The predicted molar refractivity (Wildman–Crippen MR) is 161 cm³/mol. The van der Waals surface area contributed by atoms with Gasteiger partial charge in [-0.15, -0.1) is 16.3 Å².